The lowest BCUT2D eigenvalue weighted by molar-refractivity contribution is 0.0921. The van der Waals surface area contributed by atoms with Crippen LogP contribution in [-0.2, 0) is 11.4 Å². The molecule has 7 nitrogen and oxygen atoms in total. The maximum atomic E-state index is 12.9. The van der Waals surface area contributed by atoms with Gasteiger partial charge in [0.15, 0.2) is 11.5 Å². The molecule has 1 amide bonds. The van der Waals surface area contributed by atoms with E-state index in [-0.39, 0.29) is 18.5 Å². The molecule has 1 fully saturated rings. The minimum atomic E-state index is -2.52. The second-order valence-corrected chi connectivity index (χ2v) is 6.25. The first-order valence-corrected chi connectivity index (χ1v) is 8.44. The van der Waals surface area contributed by atoms with Crippen molar-refractivity contribution in [2.75, 3.05) is 34.4 Å². The third-order valence-electron chi connectivity index (χ3n) is 3.85. The number of nitrogens with zero attached hydrogens (tertiary/aromatic N) is 1. The van der Waals surface area contributed by atoms with Gasteiger partial charge in [0.2, 0.25) is 5.75 Å². The largest absolute Gasteiger partial charge is 0.493 e. The van der Waals surface area contributed by atoms with Gasteiger partial charge in [-0.25, -0.2) is 4.21 Å². The number of nitrogens with one attached hydrogen (secondary N) is 1. The zero-order valence-electron chi connectivity index (χ0n) is 13.8. The molecule has 1 aromatic rings. The van der Waals surface area contributed by atoms with Crippen LogP contribution in [0.5, 0.6) is 17.2 Å². The number of carbonyl (C=O) groups excluding carboxylic acids is 1. The normalized spacial score (nSPS) is 19.4. The molecule has 0 bridgehead atoms. The Kier molecular flexibility index (Phi) is 6.38. The molecule has 1 saturated heterocycles. The minimum Gasteiger partial charge on any atom is -0.493 e. The van der Waals surface area contributed by atoms with Crippen molar-refractivity contribution in [1.29, 1.82) is 0 Å². The number of benzene rings is 1. The van der Waals surface area contributed by atoms with Crippen molar-refractivity contribution in [3.8, 4) is 17.2 Å². The molecule has 0 spiro atoms. The van der Waals surface area contributed by atoms with Crippen molar-refractivity contribution in [1.82, 2.24) is 9.62 Å². The summed E-state index contributed by atoms with van der Waals surface area (Å²) < 4.78 is 40.8. The van der Waals surface area contributed by atoms with E-state index in [1.54, 1.807) is 12.1 Å². The molecule has 2 unspecified atom stereocenters. The van der Waals surface area contributed by atoms with Gasteiger partial charge in [-0.1, -0.05) is 0 Å². The lowest BCUT2D eigenvalue weighted by atomic mass is 10.1. The van der Waals surface area contributed by atoms with Crippen LogP contribution in [-0.4, -0.2) is 54.9 Å². The van der Waals surface area contributed by atoms with Crippen LogP contribution in [0.1, 0.15) is 23.2 Å². The van der Waals surface area contributed by atoms with Gasteiger partial charge in [0, 0.05) is 24.7 Å². The highest BCUT2D eigenvalue weighted by Gasteiger charge is 2.26. The van der Waals surface area contributed by atoms with E-state index < -0.39 is 11.4 Å². The van der Waals surface area contributed by atoms with Gasteiger partial charge in [-0.15, -0.1) is 3.89 Å². The number of halogens is 1. The highest BCUT2D eigenvalue weighted by molar-refractivity contribution is 7.77. The Hall–Kier alpha value is -1.87. The van der Waals surface area contributed by atoms with Gasteiger partial charge in [0.05, 0.1) is 21.3 Å². The summed E-state index contributed by atoms with van der Waals surface area (Å²) in [7, 11) is 4.41. The molecule has 0 aliphatic carbocycles. The van der Waals surface area contributed by atoms with Crippen molar-refractivity contribution in [2.24, 2.45) is 0 Å². The first kappa shape index (κ1) is 18.5. The van der Waals surface area contributed by atoms with Gasteiger partial charge < -0.3 is 19.5 Å². The molecule has 1 heterocycles. The van der Waals surface area contributed by atoms with Gasteiger partial charge >= 0.3 is 0 Å². The molecule has 2 rings (SSSR count). The van der Waals surface area contributed by atoms with Gasteiger partial charge in [-0.3, -0.25) is 4.79 Å². The van der Waals surface area contributed by atoms with Crippen molar-refractivity contribution < 1.29 is 27.1 Å². The van der Waals surface area contributed by atoms with Crippen LogP contribution in [0.3, 0.4) is 0 Å². The summed E-state index contributed by atoms with van der Waals surface area (Å²) in [5, 5.41) is 2.83. The molecule has 2 atom stereocenters. The number of rotatable bonds is 6. The number of amides is 1. The fraction of sp³-hybridized carbons (Fsp3) is 0.533. The molecule has 0 saturated carbocycles. The first-order valence-electron chi connectivity index (χ1n) is 7.44. The summed E-state index contributed by atoms with van der Waals surface area (Å²) >= 11 is -2.52. The van der Waals surface area contributed by atoms with E-state index in [9.17, 15) is 12.9 Å². The van der Waals surface area contributed by atoms with Crippen LogP contribution >= 0.6 is 0 Å². The second kappa shape index (κ2) is 8.29. The Bertz CT molecular complexity index is 603. The topological polar surface area (TPSA) is 77.1 Å². The predicted octanol–water partition coefficient (Wildman–Crippen LogP) is 1.45. The molecule has 0 radical (unpaired) electrons. The van der Waals surface area contributed by atoms with Gasteiger partial charge in [-0.05, 0) is 25.0 Å². The Balaban J connectivity index is 2.16. The first-order chi connectivity index (χ1) is 11.5. The van der Waals surface area contributed by atoms with E-state index in [0.717, 1.165) is 0 Å². The summed E-state index contributed by atoms with van der Waals surface area (Å²) in [5.41, 5.74) is 0.336. The highest BCUT2D eigenvalue weighted by Crippen LogP contribution is 2.38. The fourth-order valence-electron chi connectivity index (χ4n) is 2.67. The lowest BCUT2D eigenvalue weighted by Crippen LogP contribution is -2.47. The Morgan fingerprint density at radius 3 is 2.38 bits per heavy atom. The smallest absolute Gasteiger partial charge is 0.277 e. The standard InChI is InChI=1S/C15H21FN2O5S/c1-21-12-7-10(8-13(22-2)14(12)23-3)15(19)17-11-5-4-6-18(9-11)24(16)20/h7-8,11H,4-6,9H2,1-3H3,(H,17,19). The van der Waals surface area contributed by atoms with E-state index in [1.165, 1.54) is 25.6 Å². The molecule has 1 N–H and O–H groups in total. The van der Waals surface area contributed by atoms with Crippen molar-refractivity contribution in [3.63, 3.8) is 0 Å². The molecule has 0 aromatic heterocycles. The summed E-state index contributed by atoms with van der Waals surface area (Å²) in [6, 6.07) is 2.82. The Morgan fingerprint density at radius 1 is 1.25 bits per heavy atom. The maximum absolute atomic E-state index is 12.9. The Morgan fingerprint density at radius 2 is 1.88 bits per heavy atom. The molecule has 1 aromatic carbocycles. The second-order valence-electron chi connectivity index (χ2n) is 5.32. The molecular weight excluding hydrogens is 339 g/mol. The number of methoxy groups -OCH3 is 3. The molecule has 1 aliphatic heterocycles. The van der Waals surface area contributed by atoms with Crippen LogP contribution in [0, 0.1) is 0 Å². The third-order valence-corrected chi connectivity index (χ3v) is 4.59. The Labute approximate surface area is 142 Å². The minimum absolute atomic E-state index is 0.208. The van der Waals surface area contributed by atoms with Crippen LogP contribution in [0.25, 0.3) is 0 Å². The zero-order valence-corrected chi connectivity index (χ0v) is 14.7. The summed E-state index contributed by atoms with van der Waals surface area (Å²) in [5.74, 6) is 0.799. The quantitative estimate of drug-likeness (QED) is 0.777. The summed E-state index contributed by atoms with van der Waals surface area (Å²) in [6.45, 7) is 0.624. The average Bonchev–Trinajstić information content (AvgIpc) is 2.60. The molecule has 9 heteroatoms. The van der Waals surface area contributed by atoms with Crippen LogP contribution < -0.4 is 19.5 Å². The van der Waals surface area contributed by atoms with Crippen molar-refractivity contribution in [3.05, 3.63) is 17.7 Å². The zero-order chi connectivity index (χ0) is 17.7. The van der Waals surface area contributed by atoms with E-state index in [0.29, 0.717) is 42.2 Å². The third kappa shape index (κ3) is 4.15. The van der Waals surface area contributed by atoms with Crippen LogP contribution in [0.2, 0.25) is 0 Å². The van der Waals surface area contributed by atoms with E-state index in [1.807, 2.05) is 0 Å². The maximum Gasteiger partial charge on any atom is 0.277 e. The van der Waals surface area contributed by atoms with Crippen LogP contribution in [0.15, 0.2) is 12.1 Å². The SMILES string of the molecule is COc1cc(C(=O)NC2CCCN(S(=O)F)C2)cc(OC)c1OC. The van der Waals surface area contributed by atoms with Crippen LogP contribution in [0.4, 0.5) is 3.89 Å². The van der Waals surface area contributed by atoms with Gasteiger partial charge in [0.1, 0.15) is 0 Å². The number of piperidine rings is 1. The van der Waals surface area contributed by atoms with Gasteiger partial charge in [0.25, 0.3) is 17.3 Å². The van der Waals surface area contributed by atoms with Crippen molar-refractivity contribution >= 4 is 17.3 Å². The average molecular weight is 360 g/mol. The predicted molar refractivity (Wildman–Crippen MR) is 87.4 cm³/mol. The fourth-order valence-corrected chi connectivity index (χ4v) is 3.24. The van der Waals surface area contributed by atoms with E-state index >= 15 is 0 Å². The monoisotopic (exact) mass is 360 g/mol. The lowest BCUT2D eigenvalue weighted by Gasteiger charge is -2.29. The van der Waals surface area contributed by atoms with Gasteiger partial charge in [-0.2, -0.15) is 4.31 Å². The number of hydrogen-bond donors (Lipinski definition) is 1. The number of ether oxygens (including phenoxy) is 3. The van der Waals surface area contributed by atoms with E-state index in [4.69, 9.17) is 14.2 Å². The number of carbonyl (C=O) groups is 1. The summed E-state index contributed by atoms with van der Waals surface area (Å²) in [4.78, 5) is 12.5. The highest BCUT2D eigenvalue weighted by atomic mass is 32.2. The molecular formula is C15H21FN2O5S. The van der Waals surface area contributed by atoms with E-state index in [2.05, 4.69) is 5.32 Å². The number of hydrogen-bond acceptors (Lipinski definition) is 5. The summed E-state index contributed by atoms with van der Waals surface area (Å²) in [6.07, 6.45) is 1.36. The molecule has 134 valence electrons. The van der Waals surface area contributed by atoms with Crippen molar-refractivity contribution in [2.45, 2.75) is 18.9 Å². The molecule has 24 heavy (non-hydrogen) atoms. The molecule has 1 aliphatic rings.